The molecular formula is C26H19ClN4O4. The van der Waals surface area contributed by atoms with Crippen LogP contribution >= 0.6 is 11.6 Å². The standard InChI is InChI=1S/C26H19ClN4O4/c1-14-22-23(18(13-28)24(29)35-25(22)31(30-14)16-6-4-3-5-7-16)21-11-10-20(34-21)15-8-9-19(27)17(12-15)26(32)33-2/h3-12,23H,29H2,1-2H3. The third kappa shape index (κ3) is 3.72. The smallest absolute Gasteiger partial charge is 0.339 e. The van der Waals surface area contributed by atoms with Crippen molar-refractivity contribution >= 4 is 17.6 Å². The maximum Gasteiger partial charge on any atom is 0.339 e. The van der Waals surface area contributed by atoms with Crippen LogP contribution in [0, 0.1) is 18.3 Å². The zero-order valence-corrected chi connectivity index (χ0v) is 19.5. The van der Waals surface area contributed by atoms with Gasteiger partial charge in [-0.1, -0.05) is 29.8 Å². The Hall–Kier alpha value is -4.48. The van der Waals surface area contributed by atoms with E-state index in [1.165, 1.54) is 7.11 Å². The van der Waals surface area contributed by atoms with Crippen LogP contribution in [0.2, 0.25) is 5.02 Å². The van der Waals surface area contributed by atoms with Crippen molar-refractivity contribution in [1.82, 2.24) is 9.78 Å². The van der Waals surface area contributed by atoms with E-state index in [2.05, 4.69) is 11.2 Å². The minimum absolute atomic E-state index is 0.0144. The number of para-hydroxylation sites is 1. The van der Waals surface area contributed by atoms with Gasteiger partial charge >= 0.3 is 5.97 Å². The third-order valence-corrected chi connectivity index (χ3v) is 6.13. The highest BCUT2D eigenvalue weighted by Gasteiger charge is 2.38. The second-order valence-corrected chi connectivity index (χ2v) is 8.27. The molecule has 9 heteroatoms. The van der Waals surface area contributed by atoms with Gasteiger partial charge in [-0.3, -0.25) is 0 Å². The van der Waals surface area contributed by atoms with Gasteiger partial charge in [0.2, 0.25) is 11.8 Å². The predicted molar refractivity (Wildman–Crippen MR) is 128 cm³/mol. The molecule has 5 rings (SSSR count). The molecule has 2 aromatic carbocycles. The number of fused-ring (bicyclic) bond motifs is 1. The summed E-state index contributed by atoms with van der Waals surface area (Å²) in [5.41, 5.74) is 9.40. The van der Waals surface area contributed by atoms with Crippen LogP contribution in [0.4, 0.5) is 0 Å². The highest BCUT2D eigenvalue weighted by Crippen LogP contribution is 2.45. The minimum Gasteiger partial charge on any atom is -0.465 e. The van der Waals surface area contributed by atoms with Gasteiger partial charge < -0.3 is 19.6 Å². The van der Waals surface area contributed by atoms with E-state index in [4.69, 9.17) is 31.2 Å². The second kappa shape index (κ2) is 8.70. The zero-order valence-electron chi connectivity index (χ0n) is 18.8. The maximum absolute atomic E-state index is 12.1. The summed E-state index contributed by atoms with van der Waals surface area (Å²) in [6.07, 6.45) is 0. The molecular weight excluding hydrogens is 468 g/mol. The van der Waals surface area contributed by atoms with Crippen LogP contribution in [0.25, 0.3) is 17.0 Å². The molecule has 0 spiro atoms. The fraction of sp³-hybridized carbons (Fsp3) is 0.115. The van der Waals surface area contributed by atoms with E-state index in [1.807, 2.05) is 37.3 Å². The molecule has 1 unspecified atom stereocenters. The minimum atomic E-state index is -0.623. The number of nitrogens with two attached hydrogens (primary N) is 1. The molecule has 1 atom stereocenters. The fourth-order valence-electron chi connectivity index (χ4n) is 4.15. The zero-order chi connectivity index (χ0) is 24.7. The Kier molecular flexibility index (Phi) is 5.55. The van der Waals surface area contributed by atoms with E-state index in [0.29, 0.717) is 34.2 Å². The molecule has 1 aliphatic heterocycles. The van der Waals surface area contributed by atoms with Gasteiger partial charge in [-0.2, -0.15) is 10.4 Å². The van der Waals surface area contributed by atoms with Crippen LogP contribution in [0.3, 0.4) is 0 Å². The number of methoxy groups -OCH3 is 1. The lowest BCUT2D eigenvalue weighted by Gasteiger charge is -2.23. The Morgan fingerprint density at radius 1 is 1.20 bits per heavy atom. The molecule has 0 saturated heterocycles. The molecule has 35 heavy (non-hydrogen) atoms. The monoisotopic (exact) mass is 486 g/mol. The number of aromatic nitrogens is 2. The van der Waals surface area contributed by atoms with Gasteiger partial charge in [-0.15, -0.1) is 0 Å². The van der Waals surface area contributed by atoms with Crippen molar-refractivity contribution in [2.75, 3.05) is 7.11 Å². The number of rotatable bonds is 4. The summed E-state index contributed by atoms with van der Waals surface area (Å²) >= 11 is 6.15. The van der Waals surface area contributed by atoms with Gasteiger partial charge in [0.1, 0.15) is 23.2 Å². The third-order valence-electron chi connectivity index (χ3n) is 5.80. The summed E-state index contributed by atoms with van der Waals surface area (Å²) in [7, 11) is 1.29. The number of nitriles is 1. The number of esters is 1. The lowest BCUT2D eigenvalue weighted by atomic mass is 9.88. The molecule has 0 fully saturated rings. The van der Waals surface area contributed by atoms with Gasteiger partial charge in [0, 0.05) is 5.56 Å². The largest absolute Gasteiger partial charge is 0.465 e. The van der Waals surface area contributed by atoms with Gasteiger partial charge in [0.15, 0.2) is 0 Å². The van der Waals surface area contributed by atoms with Crippen LogP contribution in [0.1, 0.15) is 33.3 Å². The second-order valence-electron chi connectivity index (χ2n) is 7.86. The first kappa shape index (κ1) is 22.3. The highest BCUT2D eigenvalue weighted by molar-refractivity contribution is 6.33. The predicted octanol–water partition coefficient (Wildman–Crippen LogP) is 5.10. The molecule has 0 radical (unpaired) electrons. The molecule has 0 bridgehead atoms. The number of benzene rings is 2. The van der Waals surface area contributed by atoms with E-state index in [0.717, 1.165) is 5.69 Å². The molecule has 2 N–H and O–H groups in total. The SMILES string of the molecule is COC(=O)c1cc(-c2ccc(C3C(C#N)=C(N)Oc4c3c(C)nn4-c3ccccc3)o2)ccc1Cl. The molecule has 1 aliphatic rings. The van der Waals surface area contributed by atoms with Crippen molar-refractivity contribution in [2.45, 2.75) is 12.8 Å². The molecule has 0 saturated carbocycles. The summed E-state index contributed by atoms with van der Waals surface area (Å²) in [6.45, 7) is 1.84. The summed E-state index contributed by atoms with van der Waals surface area (Å²) in [6, 6.07) is 20.1. The van der Waals surface area contributed by atoms with Gasteiger partial charge in [0.05, 0.1) is 40.6 Å². The van der Waals surface area contributed by atoms with Gasteiger partial charge in [0.25, 0.3) is 0 Å². The Balaban J connectivity index is 1.62. The van der Waals surface area contributed by atoms with Crippen molar-refractivity contribution < 1.29 is 18.7 Å². The van der Waals surface area contributed by atoms with Crippen molar-refractivity contribution in [2.24, 2.45) is 5.73 Å². The van der Waals surface area contributed by atoms with Crippen LogP contribution in [-0.4, -0.2) is 22.9 Å². The average Bonchev–Trinajstić information content (AvgIpc) is 3.48. The van der Waals surface area contributed by atoms with Crippen LogP contribution < -0.4 is 10.5 Å². The number of aryl methyl sites for hydroxylation is 1. The highest BCUT2D eigenvalue weighted by atomic mass is 35.5. The summed E-state index contributed by atoms with van der Waals surface area (Å²) in [5, 5.41) is 14.8. The number of nitrogens with zero attached hydrogens (tertiary/aromatic N) is 3. The Bertz CT molecular complexity index is 1530. The number of allylic oxidation sites excluding steroid dienone is 1. The topological polar surface area (TPSA) is 116 Å². The van der Waals surface area contributed by atoms with Crippen LogP contribution in [0.15, 0.2) is 76.5 Å². The van der Waals surface area contributed by atoms with Crippen LogP contribution in [0.5, 0.6) is 5.88 Å². The lowest BCUT2D eigenvalue weighted by Crippen LogP contribution is -2.21. The maximum atomic E-state index is 12.1. The van der Waals surface area contributed by atoms with E-state index < -0.39 is 11.9 Å². The first-order valence-corrected chi connectivity index (χ1v) is 11.0. The first-order valence-electron chi connectivity index (χ1n) is 10.6. The van der Waals surface area contributed by atoms with Gasteiger partial charge in [-0.05, 0) is 49.4 Å². The molecule has 4 aromatic rings. The van der Waals surface area contributed by atoms with E-state index >= 15 is 0 Å². The Labute approximate surface area is 205 Å². The Morgan fingerprint density at radius 2 is 1.97 bits per heavy atom. The number of hydrogen-bond donors (Lipinski definition) is 1. The lowest BCUT2D eigenvalue weighted by molar-refractivity contribution is 0.0601. The summed E-state index contributed by atoms with van der Waals surface area (Å²) < 4.78 is 18.5. The number of furan rings is 1. The number of carbonyl (C=O) groups is 1. The molecule has 3 heterocycles. The average molecular weight is 487 g/mol. The quantitative estimate of drug-likeness (QED) is 0.399. The summed E-state index contributed by atoms with van der Waals surface area (Å²) in [4.78, 5) is 12.1. The number of ether oxygens (including phenoxy) is 2. The number of hydrogen-bond acceptors (Lipinski definition) is 7. The Morgan fingerprint density at radius 3 is 2.69 bits per heavy atom. The molecule has 0 amide bonds. The molecule has 2 aromatic heterocycles. The van der Waals surface area contributed by atoms with Crippen molar-refractivity contribution in [1.29, 1.82) is 5.26 Å². The first-order chi connectivity index (χ1) is 16.9. The van der Waals surface area contributed by atoms with E-state index in [9.17, 15) is 10.1 Å². The van der Waals surface area contributed by atoms with E-state index in [-0.39, 0.29) is 22.0 Å². The van der Waals surface area contributed by atoms with Crippen molar-refractivity contribution in [3.8, 4) is 29.0 Å². The normalized spacial score (nSPS) is 14.7. The number of carbonyl (C=O) groups excluding carboxylic acids is 1. The molecule has 8 nitrogen and oxygen atoms in total. The molecule has 174 valence electrons. The fourth-order valence-corrected chi connectivity index (χ4v) is 4.35. The van der Waals surface area contributed by atoms with Crippen molar-refractivity contribution in [3.63, 3.8) is 0 Å². The number of halogens is 1. The van der Waals surface area contributed by atoms with E-state index in [1.54, 1.807) is 35.0 Å². The van der Waals surface area contributed by atoms with Gasteiger partial charge in [-0.25, -0.2) is 9.48 Å². The van der Waals surface area contributed by atoms with Crippen LogP contribution in [-0.2, 0) is 4.74 Å². The van der Waals surface area contributed by atoms with Crippen molar-refractivity contribution in [3.05, 3.63) is 99.7 Å². The molecule has 0 aliphatic carbocycles. The summed E-state index contributed by atoms with van der Waals surface area (Å²) in [5.74, 6) is 0.201.